The molecule has 0 radical (unpaired) electrons. The molecule has 1 heterocycles. The molecule has 0 aromatic carbocycles. The van der Waals surface area contributed by atoms with Crippen molar-refractivity contribution in [3.8, 4) is 0 Å². The zero-order valence-electron chi connectivity index (χ0n) is 10.2. The van der Waals surface area contributed by atoms with Gasteiger partial charge in [0.2, 0.25) is 0 Å². The highest BCUT2D eigenvalue weighted by Crippen LogP contribution is 2.04. The maximum atomic E-state index is 2.37. The number of imidazole rings is 1. The van der Waals surface area contributed by atoms with Crippen LogP contribution in [0, 0.1) is 6.92 Å². The average Bonchev–Trinajstić information content (AvgIpc) is 2.57. The number of aryl methyl sites for hydroxylation is 2. The van der Waals surface area contributed by atoms with Crippen LogP contribution in [0.1, 0.15) is 32.5 Å². The molecule has 1 aromatic heterocycles. The average molecular weight is 227 g/mol. The van der Waals surface area contributed by atoms with Crippen LogP contribution in [0.15, 0.2) is 12.4 Å². The number of nitrogens with zero attached hydrogens (tertiary/aromatic N) is 2. The minimum Gasteiger partial charge on any atom is -0.235 e. The number of rotatable bonds is 7. The molecule has 0 atom stereocenters. The summed E-state index contributed by atoms with van der Waals surface area (Å²) < 4.78 is 4.71. The van der Waals surface area contributed by atoms with Gasteiger partial charge >= 0.3 is 0 Å². The monoisotopic (exact) mass is 227 g/mol. The van der Waals surface area contributed by atoms with Gasteiger partial charge < -0.3 is 0 Å². The molecule has 2 nitrogen and oxygen atoms in total. The first kappa shape index (κ1) is 12.6. The van der Waals surface area contributed by atoms with E-state index in [0.29, 0.717) is 0 Å². The van der Waals surface area contributed by atoms with Crippen LogP contribution in [-0.4, -0.2) is 16.1 Å². The summed E-state index contributed by atoms with van der Waals surface area (Å²) in [4.78, 5) is 0. The highest BCUT2D eigenvalue weighted by molar-refractivity contribution is 7.99. The molecule has 0 spiro atoms. The predicted molar refractivity (Wildman–Crippen MR) is 67.3 cm³/mol. The second-order valence-electron chi connectivity index (χ2n) is 3.78. The molecule has 0 N–H and O–H groups in total. The number of aromatic nitrogens is 2. The van der Waals surface area contributed by atoms with Crippen LogP contribution < -0.4 is 4.57 Å². The number of thioether (sulfide) groups is 1. The van der Waals surface area contributed by atoms with E-state index < -0.39 is 0 Å². The Morgan fingerprint density at radius 1 is 1.40 bits per heavy atom. The maximum absolute atomic E-state index is 2.37. The van der Waals surface area contributed by atoms with E-state index in [9.17, 15) is 0 Å². The second kappa shape index (κ2) is 6.94. The summed E-state index contributed by atoms with van der Waals surface area (Å²) in [5.41, 5.74) is 0. The molecule has 1 rings (SSSR count). The topological polar surface area (TPSA) is 8.81 Å². The van der Waals surface area contributed by atoms with E-state index in [-0.39, 0.29) is 0 Å². The van der Waals surface area contributed by atoms with Gasteiger partial charge in [-0.05, 0) is 24.3 Å². The lowest BCUT2D eigenvalue weighted by Crippen LogP contribution is -2.35. The summed E-state index contributed by atoms with van der Waals surface area (Å²) >= 11 is 2.03. The van der Waals surface area contributed by atoms with Crippen LogP contribution >= 0.6 is 11.8 Å². The lowest BCUT2D eigenvalue weighted by atomic mass is 10.4. The molecular formula is C12H23N2S+. The van der Waals surface area contributed by atoms with Gasteiger partial charge in [0, 0.05) is 6.92 Å². The van der Waals surface area contributed by atoms with E-state index in [1.807, 2.05) is 11.8 Å². The quantitative estimate of drug-likeness (QED) is 0.514. The summed E-state index contributed by atoms with van der Waals surface area (Å²) in [7, 11) is 0. The summed E-state index contributed by atoms with van der Waals surface area (Å²) in [6.45, 7) is 8.96. The van der Waals surface area contributed by atoms with Crippen molar-refractivity contribution < 1.29 is 4.57 Å². The van der Waals surface area contributed by atoms with Gasteiger partial charge in [0.15, 0.2) is 0 Å². The summed E-state index contributed by atoms with van der Waals surface area (Å²) in [6, 6.07) is 0. The van der Waals surface area contributed by atoms with Gasteiger partial charge in [-0.1, -0.05) is 13.8 Å². The molecule has 86 valence electrons. The summed E-state index contributed by atoms with van der Waals surface area (Å²) in [6.07, 6.45) is 6.90. The Kier molecular flexibility index (Phi) is 5.84. The minimum absolute atomic E-state index is 1.14. The Hall–Kier alpha value is -0.440. The van der Waals surface area contributed by atoms with Gasteiger partial charge in [0.25, 0.3) is 5.82 Å². The third-order valence-corrected chi connectivity index (χ3v) is 3.60. The van der Waals surface area contributed by atoms with Crippen LogP contribution in [0.3, 0.4) is 0 Å². The zero-order valence-corrected chi connectivity index (χ0v) is 11.0. The van der Waals surface area contributed by atoms with E-state index >= 15 is 0 Å². The fourth-order valence-corrected chi connectivity index (χ4v) is 2.36. The van der Waals surface area contributed by atoms with Gasteiger partial charge in [0.1, 0.15) is 12.4 Å². The lowest BCUT2D eigenvalue weighted by Gasteiger charge is -2.00. The fourth-order valence-electron chi connectivity index (χ4n) is 1.74. The Balaban J connectivity index is 2.40. The van der Waals surface area contributed by atoms with Crippen molar-refractivity contribution in [2.75, 3.05) is 11.5 Å². The second-order valence-corrected chi connectivity index (χ2v) is 5.18. The van der Waals surface area contributed by atoms with Crippen molar-refractivity contribution in [1.82, 2.24) is 4.57 Å². The Morgan fingerprint density at radius 3 is 2.87 bits per heavy atom. The smallest absolute Gasteiger partial charge is 0.235 e. The third-order valence-electron chi connectivity index (χ3n) is 2.61. The molecule has 3 heteroatoms. The molecule has 0 fully saturated rings. The van der Waals surface area contributed by atoms with E-state index in [1.54, 1.807) is 0 Å². The molecule has 0 bridgehead atoms. The highest BCUT2D eigenvalue weighted by atomic mass is 32.2. The van der Waals surface area contributed by atoms with Gasteiger partial charge in [-0.2, -0.15) is 11.8 Å². The maximum Gasteiger partial charge on any atom is 0.253 e. The summed E-state index contributed by atoms with van der Waals surface area (Å²) in [5.74, 6) is 3.90. The third kappa shape index (κ3) is 3.90. The van der Waals surface area contributed by atoms with Crippen molar-refractivity contribution in [1.29, 1.82) is 0 Å². The molecular weight excluding hydrogens is 204 g/mol. The van der Waals surface area contributed by atoms with Crippen molar-refractivity contribution in [2.24, 2.45) is 0 Å². The van der Waals surface area contributed by atoms with Gasteiger partial charge in [-0.15, -0.1) is 0 Å². The fraction of sp³-hybridized carbons (Fsp3) is 0.750. The van der Waals surface area contributed by atoms with Crippen LogP contribution in [0.4, 0.5) is 0 Å². The van der Waals surface area contributed by atoms with Crippen molar-refractivity contribution >= 4 is 11.8 Å². The first-order valence-electron chi connectivity index (χ1n) is 5.92. The van der Waals surface area contributed by atoms with Crippen LogP contribution in [0.5, 0.6) is 0 Å². The van der Waals surface area contributed by atoms with Gasteiger partial charge in [0.05, 0.1) is 13.1 Å². The molecule has 0 aliphatic carbocycles. The normalized spacial score (nSPS) is 10.9. The Bertz CT molecular complexity index is 281. The molecule has 1 aromatic rings. The van der Waals surface area contributed by atoms with Gasteiger partial charge in [-0.25, -0.2) is 9.13 Å². The van der Waals surface area contributed by atoms with Crippen molar-refractivity contribution in [3.63, 3.8) is 0 Å². The Morgan fingerprint density at radius 2 is 2.20 bits per heavy atom. The molecule has 15 heavy (non-hydrogen) atoms. The Labute approximate surface area is 97.7 Å². The van der Waals surface area contributed by atoms with Crippen LogP contribution in [0.25, 0.3) is 0 Å². The molecule has 0 aliphatic rings. The molecule has 0 saturated carbocycles. The van der Waals surface area contributed by atoms with Gasteiger partial charge in [-0.3, -0.25) is 0 Å². The highest BCUT2D eigenvalue weighted by Gasteiger charge is 2.10. The number of hydrogen-bond donors (Lipinski definition) is 0. The number of hydrogen-bond acceptors (Lipinski definition) is 1. The first-order valence-corrected chi connectivity index (χ1v) is 7.08. The predicted octanol–water partition coefficient (Wildman–Crippen LogP) is 2.64. The van der Waals surface area contributed by atoms with E-state index in [1.165, 1.54) is 30.2 Å². The standard InChI is InChI=1S/C12H23N2S/c1-4-7-13-9-10-14(12(13)3)8-6-11-15-5-2/h9-10H,4-8,11H2,1-3H3/q+1. The molecule has 0 saturated heterocycles. The lowest BCUT2D eigenvalue weighted by molar-refractivity contribution is -0.702. The molecule has 0 amide bonds. The molecule has 0 aliphatic heterocycles. The van der Waals surface area contributed by atoms with Crippen LogP contribution in [0.2, 0.25) is 0 Å². The van der Waals surface area contributed by atoms with Crippen molar-refractivity contribution in [2.45, 2.75) is 46.7 Å². The largest absolute Gasteiger partial charge is 0.253 e. The van der Waals surface area contributed by atoms with Crippen LogP contribution in [-0.2, 0) is 13.1 Å². The van der Waals surface area contributed by atoms with E-state index in [4.69, 9.17) is 0 Å². The summed E-state index contributed by atoms with van der Waals surface area (Å²) in [5, 5.41) is 0. The SMILES string of the molecule is CCC[n+]1ccn(CCCSCC)c1C. The zero-order chi connectivity index (χ0) is 11.1. The van der Waals surface area contributed by atoms with E-state index in [0.717, 1.165) is 13.1 Å². The minimum atomic E-state index is 1.14. The first-order chi connectivity index (χ1) is 7.29. The van der Waals surface area contributed by atoms with Crippen molar-refractivity contribution in [3.05, 3.63) is 18.2 Å². The van der Waals surface area contributed by atoms with E-state index in [2.05, 4.69) is 42.3 Å². The molecule has 0 unspecified atom stereocenters.